The third-order valence-corrected chi connectivity index (χ3v) is 2.62. The van der Waals surface area contributed by atoms with Gasteiger partial charge in [-0.3, -0.25) is 15.1 Å². The lowest BCUT2D eigenvalue weighted by Crippen LogP contribution is -2.03. The van der Waals surface area contributed by atoms with Gasteiger partial charge in [0.15, 0.2) is 0 Å². The molecule has 2 aromatic carbocycles. The van der Waals surface area contributed by atoms with E-state index in [0.29, 0.717) is 0 Å². The van der Waals surface area contributed by atoms with E-state index < -0.39 is 4.92 Å². The SMILES string of the molecule is CN=C(c1ccccc1)c1ccc([N+](=O)[O-])cc1. The van der Waals surface area contributed by atoms with E-state index in [1.54, 1.807) is 19.2 Å². The molecule has 0 unspecified atom stereocenters. The van der Waals surface area contributed by atoms with Crippen molar-refractivity contribution in [3.63, 3.8) is 0 Å². The first-order chi connectivity index (χ1) is 8.72. The van der Waals surface area contributed by atoms with Crippen LogP contribution in [-0.4, -0.2) is 17.7 Å². The topological polar surface area (TPSA) is 55.5 Å². The quantitative estimate of drug-likeness (QED) is 0.470. The molecule has 0 N–H and O–H groups in total. The van der Waals surface area contributed by atoms with Crippen LogP contribution in [0.5, 0.6) is 0 Å². The summed E-state index contributed by atoms with van der Waals surface area (Å²) in [6, 6.07) is 16.1. The summed E-state index contributed by atoms with van der Waals surface area (Å²) in [7, 11) is 1.71. The summed E-state index contributed by atoms with van der Waals surface area (Å²) >= 11 is 0. The van der Waals surface area contributed by atoms with Crippen molar-refractivity contribution in [2.24, 2.45) is 4.99 Å². The minimum Gasteiger partial charge on any atom is -0.287 e. The number of hydrogen-bond acceptors (Lipinski definition) is 3. The zero-order chi connectivity index (χ0) is 13.0. The zero-order valence-electron chi connectivity index (χ0n) is 9.91. The second-order valence-electron chi connectivity index (χ2n) is 3.74. The number of nitrogens with zero attached hydrogens (tertiary/aromatic N) is 2. The van der Waals surface area contributed by atoms with Crippen molar-refractivity contribution in [3.05, 3.63) is 75.8 Å². The molecule has 0 heterocycles. The molecule has 0 saturated carbocycles. The Balaban J connectivity index is 2.38. The molecule has 0 atom stereocenters. The highest BCUT2D eigenvalue weighted by Crippen LogP contribution is 2.15. The van der Waals surface area contributed by atoms with Crippen LogP contribution < -0.4 is 0 Å². The minimum atomic E-state index is -0.408. The maximum absolute atomic E-state index is 10.6. The van der Waals surface area contributed by atoms with Crippen molar-refractivity contribution >= 4 is 11.4 Å². The van der Waals surface area contributed by atoms with E-state index in [0.717, 1.165) is 16.8 Å². The van der Waals surface area contributed by atoms with Gasteiger partial charge in [-0.15, -0.1) is 0 Å². The van der Waals surface area contributed by atoms with Gasteiger partial charge in [0.1, 0.15) is 0 Å². The van der Waals surface area contributed by atoms with Crippen molar-refractivity contribution in [2.75, 3.05) is 7.05 Å². The zero-order valence-corrected chi connectivity index (χ0v) is 9.91. The van der Waals surface area contributed by atoms with Crippen LogP contribution >= 0.6 is 0 Å². The van der Waals surface area contributed by atoms with Crippen molar-refractivity contribution < 1.29 is 4.92 Å². The Morgan fingerprint density at radius 2 is 1.56 bits per heavy atom. The first kappa shape index (κ1) is 12.0. The van der Waals surface area contributed by atoms with Crippen molar-refractivity contribution in [1.29, 1.82) is 0 Å². The smallest absolute Gasteiger partial charge is 0.269 e. The van der Waals surface area contributed by atoms with E-state index in [4.69, 9.17) is 0 Å². The highest BCUT2D eigenvalue weighted by atomic mass is 16.6. The Morgan fingerprint density at radius 1 is 1.00 bits per heavy atom. The number of nitro groups is 1. The molecule has 4 heteroatoms. The maximum Gasteiger partial charge on any atom is 0.269 e. The molecule has 0 aliphatic rings. The van der Waals surface area contributed by atoms with E-state index in [2.05, 4.69) is 4.99 Å². The van der Waals surface area contributed by atoms with Gasteiger partial charge in [0.25, 0.3) is 5.69 Å². The Hall–Kier alpha value is -2.49. The first-order valence-corrected chi connectivity index (χ1v) is 5.49. The molecule has 0 bridgehead atoms. The normalized spacial score (nSPS) is 11.3. The summed E-state index contributed by atoms with van der Waals surface area (Å²) in [5.74, 6) is 0. The summed E-state index contributed by atoms with van der Waals surface area (Å²) in [5.41, 5.74) is 2.77. The number of nitro benzene ring substituents is 1. The summed E-state index contributed by atoms with van der Waals surface area (Å²) in [5, 5.41) is 10.6. The average molecular weight is 240 g/mol. The van der Waals surface area contributed by atoms with E-state index in [1.807, 2.05) is 30.3 Å². The van der Waals surface area contributed by atoms with Gasteiger partial charge in [0, 0.05) is 30.3 Å². The molecule has 0 fully saturated rings. The van der Waals surface area contributed by atoms with Crippen LogP contribution in [0, 0.1) is 10.1 Å². The highest BCUT2D eigenvalue weighted by Gasteiger charge is 2.08. The van der Waals surface area contributed by atoms with Crippen molar-refractivity contribution in [2.45, 2.75) is 0 Å². The van der Waals surface area contributed by atoms with Crippen LogP contribution in [0.2, 0.25) is 0 Å². The minimum absolute atomic E-state index is 0.0854. The molecule has 0 aliphatic heterocycles. The molecule has 0 saturated heterocycles. The van der Waals surface area contributed by atoms with E-state index in [9.17, 15) is 10.1 Å². The molecule has 4 nitrogen and oxygen atoms in total. The van der Waals surface area contributed by atoms with Crippen LogP contribution in [0.3, 0.4) is 0 Å². The lowest BCUT2D eigenvalue weighted by molar-refractivity contribution is -0.384. The number of aliphatic imine (C=N–C) groups is 1. The molecule has 0 aromatic heterocycles. The lowest BCUT2D eigenvalue weighted by Gasteiger charge is -2.05. The number of benzene rings is 2. The molecule has 18 heavy (non-hydrogen) atoms. The molecular formula is C14H12N2O2. The van der Waals surface area contributed by atoms with Crippen molar-refractivity contribution in [1.82, 2.24) is 0 Å². The Bertz CT molecular complexity index is 575. The third-order valence-electron chi connectivity index (χ3n) is 2.62. The average Bonchev–Trinajstić information content (AvgIpc) is 2.41. The fraction of sp³-hybridized carbons (Fsp3) is 0.0714. The second-order valence-corrected chi connectivity index (χ2v) is 3.74. The molecule has 0 spiro atoms. The summed E-state index contributed by atoms with van der Waals surface area (Å²) < 4.78 is 0. The van der Waals surface area contributed by atoms with Crippen molar-refractivity contribution in [3.8, 4) is 0 Å². The van der Waals surface area contributed by atoms with Crippen LogP contribution in [-0.2, 0) is 0 Å². The van der Waals surface area contributed by atoms with Gasteiger partial charge >= 0.3 is 0 Å². The lowest BCUT2D eigenvalue weighted by atomic mass is 10.0. The fourth-order valence-electron chi connectivity index (χ4n) is 1.76. The van der Waals surface area contributed by atoms with Gasteiger partial charge in [0.2, 0.25) is 0 Å². The van der Waals surface area contributed by atoms with Gasteiger partial charge in [0.05, 0.1) is 10.6 Å². The molecule has 2 rings (SSSR count). The molecule has 0 aliphatic carbocycles. The molecular weight excluding hydrogens is 228 g/mol. The van der Waals surface area contributed by atoms with Gasteiger partial charge in [-0.05, 0) is 12.1 Å². The molecule has 0 radical (unpaired) electrons. The fourth-order valence-corrected chi connectivity index (χ4v) is 1.76. The first-order valence-electron chi connectivity index (χ1n) is 5.49. The molecule has 90 valence electrons. The highest BCUT2D eigenvalue weighted by molar-refractivity contribution is 6.12. The van der Waals surface area contributed by atoms with E-state index >= 15 is 0 Å². The largest absolute Gasteiger partial charge is 0.287 e. The van der Waals surface area contributed by atoms with Gasteiger partial charge < -0.3 is 0 Å². The Labute approximate surface area is 105 Å². The Morgan fingerprint density at radius 3 is 2.06 bits per heavy atom. The second kappa shape index (κ2) is 5.23. The standard InChI is InChI=1S/C14H12N2O2/c1-15-14(11-5-3-2-4-6-11)12-7-9-13(10-8-12)16(17)18/h2-10H,1H3. The summed E-state index contributed by atoms with van der Waals surface area (Å²) in [6.45, 7) is 0. The van der Waals surface area contributed by atoms with E-state index in [-0.39, 0.29) is 5.69 Å². The predicted molar refractivity (Wildman–Crippen MR) is 71.1 cm³/mol. The summed E-state index contributed by atoms with van der Waals surface area (Å²) in [6.07, 6.45) is 0. The number of rotatable bonds is 3. The number of hydrogen-bond donors (Lipinski definition) is 0. The van der Waals surface area contributed by atoms with Crippen LogP contribution in [0.15, 0.2) is 59.6 Å². The molecule has 0 amide bonds. The molecule has 2 aromatic rings. The predicted octanol–water partition coefficient (Wildman–Crippen LogP) is 3.06. The third kappa shape index (κ3) is 2.43. The Kier molecular flexibility index (Phi) is 3.48. The van der Waals surface area contributed by atoms with Gasteiger partial charge in [-0.2, -0.15) is 0 Å². The van der Waals surface area contributed by atoms with Gasteiger partial charge in [-0.25, -0.2) is 0 Å². The van der Waals surface area contributed by atoms with E-state index in [1.165, 1.54) is 12.1 Å². The monoisotopic (exact) mass is 240 g/mol. The maximum atomic E-state index is 10.6. The van der Waals surface area contributed by atoms with Crippen LogP contribution in [0.25, 0.3) is 0 Å². The van der Waals surface area contributed by atoms with Gasteiger partial charge in [-0.1, -0.05) is 30.3 Å². The summed E-state index contributed by atoms with van der Waals surface area (Å²) in [4.78, 5) is 14.4. The number of non-ortho nitro benzene ring substituents is 1. The van der Waals surface area contributed by atoms with Crippen LogP contribution in [0.1, 0.15) is 11.1 Å². The van der Waals surface area contributed by atoms with Crippen LogP contribution in [0.4, 0.5) is 5.69 Å².